The molecule has 0 radical (unpaired) electrons. The van der Waals surface area contributed by atoms with Gasteiger partial charge in [0.05, 0.1) is 5.56 Å². The molecule has 0 saturated carbocycles. The van der Waals surface area contributed by atoms with E-state index in [0.29, 0.717) is 17.8 Å². The number of aryl methyl sites for hydroxylation is 1. The first-order valence-electron chi connectivity index (χ1n) is 11.7. The van der Waals surface area contributed by atoms with Crippen LogP contribution in [-0.4, -0.2) is 27.8 Å². The summed E-state index contributed by atoms with van der Waals surface area (Å²) in [5.74, 6) is 0.107. The molecule has 1 aromatic carbocycles. The van der Waals surface area contributed by atoms with Crippen molar-refractivity contribution in [2.24, 2.45) is 0 Å². The van der Waals surface area contributed by atoms with Gasteiger partial charge in [-0.3, -0.25) is 4.79 Å². The number of ether oxygens (including phenoxy) is 1. The maximum Gasteiger partial charge on any atom is 0.338 e. The van der Waals surface area contributed by atoms with Crippen LogP contribution in [-0.2, 0) is 16.0 Å². The van der Waals surface area contributed by atoms with Crippen molar-refractivity contribution in [2.45, 2.75) is 91.1 Å². The van der Waals surface area contributed by atoms with Crippen LogP contribution < -0.4 is 0 Å². The third kappa shape index (κ3) is 8.60. The average Bonchev–Trinajstić information content (AvgIpc) is 2.80. The first-order chi connectivity index (χ1) is 15.0. The number of ketones is 1. The molecule has 1 atom stereocenters. The first-order valence-corrected chi connectivity index (χ1v) is 11.7. The molecule has 1 unspecified atom stereocenters. The van der Waals surface area contributed by atoms with Crippen molar-refractivity contribution in [1.29, 1.82) is 0 Å². The van der Waals surface area contributed by atoms with E-state index in [4.69, 9.17) is 4.74 Å². The van der Waals surface area contributed by atoms with Crippen molar-refractivity contribution in [1.82, 2.24) is 9.97 Å². The maximum absolute atomic E-state index is 12.3. The Balaban J connectivity index is 1.85. The monoisotopic (exact) mass is 424 g/mol. The second kappa shape index (κ2) is 13.7. The Morgan fingerprint density at radius 1 is 0.871 bits per heavy atom. The van der Waals surface area contributed by atoms with Gasteiger partial charge in [-0.15, -0.1) is 0 Å². The van der Waals surface area contributed by atoms with Crippen LogP contribution in [0.1, 0.15) is 94.5 Å². The normalized spacial score (nSPS) is 11.8. The van der Waals surface area contributed by atoms with E-state index >= 15 is 0 Å². The van der Waals surface area contributed by atoms with Gasteiger partial charge >= 0.3 is 5.97 Å². The molecule has 0 N–H and O–H groups in total. The molecule has 0 aliphatic heterocycles. The molecule has 31 heavy (non-hydrogen) atoms. The van der Waals surface area contributed by atoms with Crippen LogP contribution in [0.3, 0.4) is 0 Å². The van der Waals surface area contributed by atoms with Crippen molar-refractivity contribution < 1.29 is 14.3 Å². The van der Waals surface area contributed by atoms with Crippen molar-refractivity contribution in [3.63, 3.8) is 0 Å². The number of hydrogen-bond donors (Lipinski definition) is 0. The Morgan fingerprint density at radius 2 is 1.48 bits per heavy atom. The maximum atomic E-state index is 12.3. The number of hydrogen-bond acceptors (Lipinski definition) is 5. The number of aromatic nitrogens is 2. The zero-order valence-corrected chi connectivity index (χ0v) is 19.2. The lowest BCUT2D eigenvalue weighted by atomic mass is 10.1. The average molecular weight is 425 g/mol. The molecular formula is C26H36N2O3. The molecule has 5 nitrogen and oxygen atoms in total. The lowest BCUT2D eigenvalue weighted by Gasteiger charge is -2.12. The lowest BCUT2D eigenvalue weighted by Crippen LogP contribution is -2.24. The van der Waals surface area contributed by atoms with Crippen molar-refractivity contribution in [3.8, 4) is 11.4 Å². The fraction of sp³-hybridized carbons (Fsp3) is 0.538. The van der Waals surface area contributed by atoms with E-state index in [9.17, 15) is 9.59 Å². The van der Waals surface area contributed by atoms with Crippen LogP contribution in [0.5, 0.6) is 0 Å². The topological polar surface area (TPSA) is 69.2 Å². The Morgan fingerprint density at radius 3 is 2.13 bits per heavy atom. The SMILES string of the molecule is CCCCCCCCc1cnc(-c2ccc(C(=O)OC(C)C(=O)CCCC)cc2)nc1. The third-order valence-electron chi connectivity index (χ3n) is 5.42. The summed E-state index contributed by atoms with van der Waals surface area (Å²) < 4.78 is 5.31. The van der Waals surface area contributed by atoms with Gasteiger partial charge in [0, 0.05) is 24.4 Å². The third-order valence-corrected chi connectivity index (χ3v) is 5.42. The van der Waals surface area contributed by atoms with E-state index < -0.39 is 12.1 Å². The van der Waals surface area contributed by atoms with E-state index in [1.807, 2.05) is 31.5 Å². The molecule has 0 fully saturated rings. The highest BCUT2D eigenvalue weighted by Crippen LogP contribution is 2.17. The molecule has 0 aliphatic carbocycles. The van der Waals surface area contributed by atoms with Gasteiger partial charge in [0.2, 0.25) is 0 Å². The fourth-order valence-electron chi connectivity index (χ4n) is 3.35. The van der Waals surface area contributed by atoms with Gasteiger partial charge in [-0.25, -0.2) is 14.8 Å². The molecular weight excluding hydrogens is 388 g/mol. The van der Waals surface area contributed by atoms with Gasteiger partial charge in [0.15, 0.2) is 17.7 Å². The Kier molecular flexibility index (Phi) is 10.9. The molecule has 0 amide bonds. The quantitative estimate of drug-likeness (QED) is 0.261. The van der Waals surface area contributed by atoms with Gasteiger partial charge in [0.1, 0.15) is 0 Å². The Hall–Kier alpha value is -2.56. The van der Waals surface area contributed by atoms with Crippen molar-refractivity contribution >= 4 is 11.8 Å². The molecule has 5 heteroatoms. The number of esters is 1. The summed E-state index contributed by atoms with van der Waals surface area (Å²) in [6.45, 7) is 5.89. The number of Topliss-reactive ketones (excluding diaryl/α,β-unsaturated/α-hetero) is 1. The Bertz CT molecular complexity index is 800. The second-order valence-electron chi connectivity index (χ2n) is 8.13. The molecule has 2 rings (SSSR count). The zero-order valence-electron chi connectivity index (χ0n) is 19.2. The zero-order chi connectivity index (χ0) is 22.5. The fourth-order valence-corrected chi connectivity index (χ4v) is 3.35. The van der Waals surface area contributed by atoms with Crippen LogP contribution in [0.4, 0.5) is 0 Å². The number of nitrogens with zero attached hydrogens (tertiary/aromatic N) is 2. The molecule has 0 bridgehead atoms. The number of unbranched alkanes of at least 4 members (excludes halogenated alkanes) is 6. The highest BCUT2D eigenvalue weighted by Gasteiger charge is 2.18. The number of carbonyl (C=O) groups is 2. The van der Waals surface area contributed by atoms with Crippen LogP contribution in [0.15, 0.2) is 36.7 Å². The van der Waals surface area contributed by atoms with Gasteiger partial charge in [-0.2, -0.15) is 0 Å². The highest BCUT2D eigenvalue weighted by atomic mass is 16.5. The van der Waals surface area contributed by atoms with E-state index in [1.165, 1.54) is 38.5 Å². The smallest absolute Gasteiger partial charge is 0.338 e. The minimum absolute atomic E-state index is 0.0405. The van der Waals surface area contributed by atoms with Crippen LogP contribution in [0.25, 0.3) is 11.4 Å². The number of carbonyl (C=O) groups excluding carboxylic acids is 2. The number of rotatable bonds is 14. The highest BCUT2D eigenvalue weighted by molar-refractivity contribution is 5.93. The number of benzene rings is 1. The summed E-state index contributed by atoms with van der Waals surface area (Å²) in [5.41, 5.74) is 2.41. The molecule has 0 saturated heterocycles. The largest absolute Gasteiger partial charge is 0.451 e. The molecule has 1 aromatic heterocycles. The summed E-state index contributed by atoms with van der Waals surface area (Å²) in [6, 6.07) is 6.99. The Labute approximate surface area is 186 Å². The van der Waals surface area contributed by atoms with Crippen LogP contribution in [0, 0.1) is 0 Å². The summed E-state index contributed by atoms with van der Waals surface area (Å²) >= 11 is 0. The summed E-state index contributed by atoms with van der Waals surface area (Å²) in [7, 11) is 0. The van der Waals surface area contributed by atoms with E-state index in [2.05, 4.69) is 16.9 Å². The van der Waals surface area contributed by atoms with Crippen LogP contribution >= 0.6 is 0 Å². The summed E-state index contributed by atoms with van der Waals surface area (Å²) in [5, 5.41) is 0. The van der Waals surface area contributed by atoms with Crippen molar-refractivity contribution in [3.05, 3.63) is 47.8 Å². The molecule has 0 aliphatic rings. The molecule has 2 aromatic rings. The van der Waals surface area contributed by atoms with Gasteiger partial charge in [-0.1, -0.05) is 64.5 Å². The van der Waals surface area contributed by atoms with Crippen LogP contribution in [0.2, 0.25) is 0 Å². The minimum atomic E-state index is -0.721. The van der Waals surface area contributed by atoms with E-state index in [-0.39, 0.29) is 5.78 Å². The summed E-state index contributed by atoms with van der Waals surface area (Å²) in [4.78, 5) is 33.2. The van der Waals surface area contributed by atoms with Gasteiger partial charge in [0.25, 0.3) is 0 Å². The second-order valence-corrected chi connectivity index (χ2v) is 8.13. The predicted molar refractivity (Wildman–Crippen MR) is 124 cm³/mol. The minimum Gasteiger partial charge on any atom is -0.451 e. The first kappa shape index (κ1) is 24.7. The lowest BCUT2D eigenvalue weighted by molar-refractivity contribution is -0.127. The van der Waals surface area contributed by atoms with Gasteiger partial charge < -0.3 is 4.74 Å². The summed E-state index contributed by atoms with van der Waals surface area (Å²) in [6.07, 6.45) is 13.9. The van der Waals surface area contributed by atoms with Crippen molar-refractivity contribution in [2.75, 3.05) is 0 Å². The van der Waals surface area contributed by atoms with E-state index in [0.717, 1.165) is 30.4 Å². The standard InChI is InChI=1S/C26H36N2O3/c1-4-6-8-9-10-11-12-21-18-27-25(28-19-21)22-14-16-23(17-15-22)26(30)31-20(3)24(29)13-7-5-2/h14-20H,4-13H2,1-3H3. The molecule has 0 spiro atoms. The predicted octanol–water partition coefficient (Wildman–Crippen LogP) is 6.35. The van der Waals surface area contributed by atoms with Gasteiger partial charge in [-0.05, 0) is 43.9 Å². The van der Waals surface area contributed by atoms with E-state index in [1.54, 1.807) is 19.1 Å². The molecule has 1 heterocycles. The molecule has 168 valence electrons.